The number of fused-ring (bicyclic) bond motifs is 2. The van der Waals surface area contributed by atoms with Crippen LogP contribution in [0.2, 0.25) is 0 Å². The highest BCUT2D eigenvalue weighted by atomic mass is 15.1. The lowest BCUT2D eigenvalue weighted by molar-refractivity contribution is -0.842. The maximum absolute atomic E-state index is 2.41. The van der Waals surface area contributed by atoms with Gasteiger partial charge in [-0.2, -0.15) is 0 Å². The van der Waals surface area contributed by atoms with Gasteiger partial charge in [0.05, 0.1) is 12.7 Å². The predicted octanol–water partition coefficient (Wildman–Crippen LogP) is 4.19. The SMILES string of the molecule is C1=C[NH+]2CCCCCCC=CCCCCCCC(=C1)C2. The van der Waals surface area contributed by atoms with Gasteiger partial charge in [-0.3, -0.25) is 0 Å². The molecule has 1 atom stereocenters. The van der Waals surface area contributed by atoms with Crippen LogP contribution in [-0.4, -0.2) is 13.1 Å². The summed E-state index contributed by atoms with van der Waals surface area (Å²) in [7, 11) is 0. The summed E-state index contributed by atoms with van der Waals surface area (Å²) < 4.78 is 0. The summed E-state index contributed by atoms with van der Waals surface area (Å²) in [6, 6.07) is 0. The van der Waals surface area contributed by atoms with Gasteiger partial charge in [-0.25, -0.2) is 0 Å². The van der Waals surface area contributed by atoms with Crippen molar-refractivity contribution in [3.63, 3.8) is 0 Å². The molecule has 0 spiro atoms. The van der Waals surface area contributed by atoms with Gasteiger partial charge in [-0.1, -0.05) is 37.5 Å². The topological polar surface area (TPSA) is 4.44 Å². The molecule has 0 aliphatic carbocycles. The molecule has 2 rings (SSSR count). The third-order valence-electron chi connectivity index (χ3n) is 4.52. The minimum Gasteiger partial charge on any atom is -0.305 e. The molecule has 112 valence electrons. The predicted molar refractivity (Wildman–Crippen MR) is 87.8 cm³/mol. The number of allylic oxidation sites excluding steroid dienone is 4. The van der Waals surface area contributed by atoms with Crippen molar-refractivity contribution in [1.29, 1.82) is 0 Å². The van der Waals surface area contributed by atoms with Crippen LogP contribution in [0.5, 0.6) is 0 Å². The average Bonchev–Trinajstić information content (AvgIpc) is 2.47. The van der Waals surface area contributed by atoms with Crippen molar-refractivity contribution in [2.75, 3.05) is 13.1 Å². The summed E-state index contributed by atoms with van der Waals surface area (Å²) in [4.78, 5) is 1.67. The van der Waals surface area contributed by atoms with E-state index in [1.807, 2.05) is 0 Å². The molecular weight excluding hydrogens is 242 g/mol. The van der Waals surface area contributed by atoms with Crippen LogP contribution in [0.25, 0.3) is 0 Å². The smallest absolute Gasteiger partial charge is 0.103 e. The first-order valence-corrected chi connectivity index (χ1v) is 8.81. The molecule has 20 heavy (non-hydrogen) atoms. The molecule has 2 aliphatic rings. The van der Waals surface area contributed by atoms with Crippen molar-refractivity contribution < 1.29 is 4.90 Å². The molecule has 0 saturated heterocycles. The quantitative estimate of drug-likeness (QED) is 0.632. The zero-order valence-electron chi connectivity index (χ0n) is 13.1. The lowest BCUT2D eigenvalue weighted by Crippen LogP contribution is -3.08. The average molecular weight is 274 g/mol. The molecule has 0 aromatic heterocycles. The summed E-state index contributed by atoms with van der Waals surface area (Å²) in [5, 5.41) is 0. The Hall–Kier alpha value is -0.820. The summed E-state index contributed by atoms with van der Waals surface area (Å²) in [5.74, 6) is 0. The van der Waals surface area contributed by atoms with Crippen LogP contribution in [0.4, 0.5) is 0 Å². The van der Waals surface area contributed by atoms with Gasteiger partial charge in [0.15, 0.2) is 0 Å². The number of hydrogen-bond acceptors (Lipinski definition) is 0. The highest BCUT2D eigenvalue weighted by Crippen LogP contribution is 2.12. The molecule has 2 heterocycles. The second-order valence-electron chi connectivity index (χ2n) is 6.40. The van der Waals surface area contributed by atoms with Crippen LogP contribution in [0.15, 0.2) is 36.1 Å². The Balaban J connectivity index is 1.76. The first kappa shape index (κ1) is 15.6. The Morgan fingerprint density at radius 1 is 0.750 bits per heavy atom. The van der Waals surface area contributed by atoms with E-state index in [9.17, 15) is 0 Å². The normalized spacial score (nSPS) is 26.8. The fourth-order valence-corrected chi connectivity index (χ4v) is 3.24. The minimum atomic E-state index is 1.26. The summed E-state index contributed by atoms with van der Waals surface area (Å²) in [5.41, 5.74) is 1.67. The molecule has 0 aromatic rings. The van der Waals surface area contributed by atoms with Gasteiger partial charge >= 0.3 is 0 Å². The van der Waals surface area contributed by atoms with Crippen molar-refractivity contribution in [1.82, 2.24) is 0 Å². The van der Waals surface area contributed by atoms with Crippen molar-refractivity contribution in [2.24, 2.45) is 0 Å². The minimum absolute atomic E-state index is 1.26. The van der Waals surface area contributed by atoms with Gasteiger partial charge in [0.2, 0.25) is 0 Å². The summed E-state index contributed by atoms with van der Waals surface area (Å²) in [6.45, 7) is 2.59. The van der Waals surface area contributed by atoms with Crippen LogP contribution in [0.3, 0.4) is 0 Å². The second-order valence-corrected chi connectivity index (χ2v) is 6.40. The van der Waals surface area contributed by atoms with E-state index in [0.717, 1.165) is 0 Å². The Labute approximate surface area is 125 Å². The van der Waals surface area contributed by atoms with Crippen molar-refractivity contribution in [3.8, 4) is 0 Å². The maximum atomic E-state index is 2.41. The Bertz CT molecular complexity index is 338. The molecule has 0 fully saturated rings. The van der Waals surface area contributed by atoms with Crippen molar-refractivity contribution >= 4 is 0 Å². The van der Waals surface area contributed by atoms with E-state index in [-0.39, 0.29) is 0 Å². The standard InChI is InChI=1S/C19H31N/c1-2-4-6-8-10-12-16-20-17-13-15-19(18-20)14-11-9-7-5-3-1/h1-2,13,15,17H,3-12,14,16,18H2/p+1. The van der Waals surface area contributed by atoms with Crippen LogP contribution >= 0.6 is 0 Å². The number of rotatable bonds is 0. The maximum Gasteiger partial charge on any atom is 0.103 e. The van der Waals surface area contributed by atoms with Crippen LogP contribution in [-0.2, 0) is 0 Å². The number of hydrogen-bond donors (Lipinski definition) is 1. The largest absolute Gasteiger partial charge is 0.305 e. The van der Waals surface area contributed by atoms with E-state index in [4.69, 9.17) is 0 Å². The first-order valence-electron chi connectivity index (χ1n) is 8.81. The zero-order valence-corrected chi connectivity index (χ0v) is 13.1. The Morgan fingerprint density at radius 2 is 1.45 bits per heavy atom. The molecular formula is C19H32N+. The molecule has 1 N–H and O–H groups in total. The van der Waals surface area contributed by atoms with E-state index in [2.05, 4.69) is 30.5 Å². The Morgan fingerprint density at radius 3 is 2.25 bits per heavy atom. The van der Waals surface area contributed by atoms with Gasteiger partial charge in [-0.15, -0.1) is 0 Å². The molecule has 2 aliphatic heterocycles. The van der Waals surface area contributed by atoms with E-state index >= 15 is 0 Å². The lowest BCUT2D eigenvalue weighted by atomic mass is 10.0. The monoisotopic (exact) mass is 274 g/mol. The van der Waals surface area contributed by atoms with E-state index in [1.165, 1.54) is 83.7 Å². The highest BCUT2D eigenvalue weighted by molar-refractivity contribution is 5.13. The molecule has 1 heteroatoms. The van der Waals surface area contributed by atoms with E-state index in [1.54, 1.807) is 10.5 Å². The fourth-order valence-electron chi connectivity index (χ4n) is 3.24. The molecule has 0 saturated carbocycles. The van der Waals surface area contributed by atoms with E-state index < -0.39 is 0 Å². The summed E-state index contributed by atoms with van der Waals surface area (Å²) >= 11 is 0. The van der Waals surface area contributed by atoms with Gasteiger partial charge < -0.3 is 4.90 Å². The van der Waals surface area contributed by atoms with Crippen LogP contribution in [0, 0.1) is 0 Å². The third-order valence-corrected chi connectivity index (χ3v) is 4.52. The van der Waals surface area contributed by atoms with Gasteiger partial charge in [0.1, 0.15) is 6.54 Å². The molecule has 0 aromatic carbocycles. The van der Waals surface area contributed by atoms with Crippen LogP contribution < -0.4 is 4.90 Å². The molecule has 2 bridgehead atoms. The first-order chi connectivity index (χ1) is 9.95. The van der Waals surface area contributed by atoms with Gasteiger partial charge in [-0.05, 0) is 63.0 Å². The van der Waals surface area contributed by atoms with Gasteiger partial charge in [0, 0.05) is 0 Å². The van der Waals surface area contributed by atoms with Crippen LogP contribution in [0.1, 0.15) is 70.6 Å². The lowest BCUT2D eigenvalue weighted by Gasteiger charge is -2.19. The number of quaternary nitrogens is 1. The van der Waals surface area contributed by atoms with E-state index in [0.29, 0.717) is 0 Å². The highest BCUT2D eigenvalue weighted by Gasteiger charge is 2.11. The molecule has 0 radical (unpaired) electrons. The van der Waals surface area contributed by atoms with Gasteiger partial charge in [0.25, 0.3) is 0 Å². The van der Waals surface area contributed by atoms with Crippen molar-refractivity contribution in [2.45, 2.75) is 70.6 Å². The number of nitrogens with one attached hydrogen (secondary N) is 1. The fraction of sp³-hybridized carbons (Fsp3) is 0.684. The zero-order chi connectivity index (χ0) is 13.9. The Kier molecular flexibility index (Phi) is 7.77. The third kappa shape index (κ3) is 6.56. The van der Waals surface area contributed by atoms with Crippen molar-refractivity contribution in [3.05, 3.63) is 36.1 Å². The summed E-state index contributed by atoms with van der Waals surface area (Å²) in [6.07, 6.45) is 26.9. The molecule has 1 unspecified atom stereocenters. The molecule has 0 amide bonds. The second kappa shape index (κ2) is 9.99. The molecule has 1 nitrogen and oxygen atoms in total.